The van der Waals surface area contributed by atoms with Gasteiger partial charge < -0.3 is 20.1 Å². The molecule has 1 unspecified atom stereocenters. The number of esters is 1. The first-order valence-corrected chi connectivity index (χ1v) is 9.52. The van der Waals surface area contributed by atoms with Crippen LogP contribution < -0.4 is 15.4 Å². The number of nitrogens with zero attached hydrogens (tertiary/aromatic N) is 2. The van der Waals surface area contributed by atoms with E-state index in [2.05, 4.69) is 15.7 Å². The van der Waals surface area contributed by atoms with Gasteiger partial charge in [0.15, 0.2) is 0 Å². The minimum atomic E-state index is -0.891. The van der Waals surface area contributed by atoms with Gasteiger partial charge in [-0.1, -0.05) is 30.3 Å². The summed E-state index contributed by atoms with van der Waals surface area (Å²) in [4.78, 5) is 37.5. The van der Waals surface area contributed by atoms with E-state index in [4.69, 9.17) is 9.47 Å². The molecular formula is C22H20N4O5. The van der Waals surface area contributed by atoms with E-state index in [-0.39, 0.29) is 17.9 Å². The Bertz CT molecular complexity index is 1170. The SMILES string of the molecule is COC(=O)c1ccccc1NC(=O)C1CC(=O)Nc2c(-c3ccccc3OC)cnn21. The highest BCUT2D eigenvalue weighted by Crippen LogP contribution is 2.38. The molecule has 158 valence electrons. The molecule has 31 heavy (non-hydrogen) atoms. The van der Waals surface area contributed by atoms with Gasteiger partial charge in [0.25, 0.3) is 0 Å². The van der Waals surface area contributed by atoms with Crippen molar-refractivity contribution in [3.05, 3.63) is 60.3 Å². The third-order valence-corrected chi connectivity index (χ3v) is 5.02. The fourth-order valence-corrected chi connectivity index (χ4v) is 3.53. The van der Waals surface area contributed by atoms with Crippen molar-refractivity contribution in [3.8, 4) is 16.9 Å². The molecule has 0 saturated carbocycles. The first-order valence-electron chi connectivity index (χ1n) is 9.52. The fraction of sp³-hybridized carbons (Fsp3) is 0.182. The zero-order valence-corrected chi connectivity index (χ0v) is 16.9. The Morgan fingerprint density at radius 2 is 1.84 bits per heavy atom. The van der Waals surface area contributed by atoms with Crippen LogP contribution in [0.15, 0.2) is 54.7 Å². The summed E-state index contributed by atoms with van der Waals surface area (Å²) in [6.45, 7) is 0. The number of ether oxygens (including phenoxy) is 2. The molecule has 9 heteroatoms. The van der Waals surface area contributed by atoms with E-state index in [0.29, 0.717) is 22.8 Å². The van der Waals surface area contributed by atoms with E-state index in [1.54, 1.807) is 43.6 Å². The minimum absolute atomic E-state index is 0.0910. The molecule has 1 aliphatic heterocycles. The highest BCUT2D eigenvalue weighted by atomic mass is 16.5. The lowest BCUT2D eigenvalue weighted by Crippen LogP contribution is -2.36. The molecular weight excluding hydrogens is 400 g/mol. The van der Waals surface area contributed by atoms with Gasteiger partial charge >= 0.3 is 5.97 Å². The minimum Gasteiger partial charge on any atom is -0.496 e. The number of methoxy groups -OCH3 is 2. The predicted molar refractivity (Wildman–Crippen MR) is 113 cm³/mol. The summed E-state index contributed by atoms with van der Waals surface area (Å²) in [6, 6.07) is 12.9. The van der Waals surface area contributed by atoms with Crippen LogP contribution in [-0.4, -0.2) is 41.8 Å². The number of carbonyl (C=O) groups is 3. The molecule has 2 heterocycles. The number of para-hydroxylation sites is 2. The van der Waals surface area contributed by atoms with Gasteiger partial charge in [-0.2, -0.15) is 5.10 Å². The molecule has 0 aliphatic carbocycles. The van der Waals surface area contributed by atoms with E-state index in [0.717, 1.165) is 5.56 Å². The second-order valence-corrected chi connectivity index (χ2v) is 6.85. The summed E-state index contributed by atoms with van der Waals surface area (Å²) in [5, 5.41) is 9.88. The lowest BCUT2D eigenvalue weighted by atomic mass is 10.1. The molecule has 1 aromatic heterocycles. The molecule has 4 rings (SSSR count). The first-order chi connectivity index (χ1) is 15.0. The van der Waals surface area contributed by atoms with Crippen LogP contribution in [0.4, 0.5) is 11.5 Å². The highest BCUT2D eigenvalue weighted by Gasteiger charge is 2.34. The fourth-order valence-electron chi connectivity index (χ4n) is 3.53. The van der Waals surface area contributed by atoms with Crippen molar-refractivity contribution in [2.75, 3.05) is 24.9 Å². The van der Waals surface area contributed by atoms with Crippen LogP contribution in [0.2, 0.25) is 0 Å². The number of benzene rings is 2. The molecule has 0 bridgehead atoms. The Morgan fingerprint density at radius 1 is 1.10 bits per heavy atom. The summed E-state index contributed by atoms with van der Waals surface area (Å²) in [7, 11) is 2.82. The quantitative estimate of drug-likeness (QED) is 0.614. The van der Waals surface area contributed by atoms with Gasteiger partial charge in [0.05, 0.1) is 38.1 Å². The lowest BCUT2D eigenvalue weighted by molar-refractivity contribution is -0.125. The Kier molecular flexibility index (Phi) is 5.40. The van der Waals surface area contributed by atoms with Gasteiger partial charge in [-0.05, 0) is 18.2 Å². The van der Waals surface area contributed by atoms with Crippen molar-refractivity contribution in [3.63, 3.8) is 0 Å². The summed E-state index contributed by atoms with van der Waals surface area (Å²) in [5.41, 5.74) is 1.89. The van der Waals surface area contributed by atoms with Crippen molar-refractivity contribution >= 4 is 29.3 Å². The molecule has 1 atom stereocenters. The van der Waals surface area contributed by atoms with Crippen LogP contribution in [0.25, 0.3) is 11.1 Å². The summed E-state index contributed by atoms with van der Waals surface area (Å²) in [5.74, 6) is -0.337. The molecule has 0 fully saturated rings. The average Bonchev–Trinajstić information content (AvgIpc) is 3.21. The van der Waals surface area contributed by atoms with Gasteiger partial charge in [0.2, 0.25) is 11.8 Å². The molecule has 0 radical (unpaired) electrons. The molecule has 2 amide bonds. The number of carbonyl (C=O) groups excluding carboxylic acids is 3. The number of nitrogens with one attached hydrogen (secondary N) is 2. The normalized spacial score (nSPS) is 14.9. The molecule has 1 aliphatic rings. The number of fused-ring (bicyclic) bond motifs is 1. The number of aromatic nitrogens is 2. The van der Waals surface area contributed by atoms with E-state index >= 15 is 0 Å². The number of amides is 2. The standard InChI is InChI=1S/C22H20N4O5/c1-30-18-10-6-4-7-13(18)15-12-23-26-17(11-19(27)25-20(15)26)21(28)24-16-9-5-3-8-14(16)22(29)31-2/h3-10,12,17H,11H2,1-2H3,(H,24,28)(H,25,27). The largest absolute Gasteiger partial charge is 0.496 e. The molecule has 9 nitrogen and oxygen atoms in total. The maximum atomic E-state index is 13.1. The Morgan fingerprint density at radius 3 is 2.61 bits per heavy atom. The monoisotopic (exact) mass is 420 g/mol. The van der Waals surface area contributed by atoms with Gasteiger partial charge in [0, 0.05) is 11.1 Å². The first kappa shape index (κ1) is 20.1. The van der Waals surface area contributed by atoms with E-state index in [1.807, 2.05) is 18.2 Å². The summed E-state index contributed by atoms with van der Waals surface area (Å²) in [6.07, 6.45) is 1.49. The van der Waals surface area contributed by atoms with Crippen molar-refractivity contribution in [2.24, 2.45) is 0 Å². The number of rotatable bonds is 5. The van der Waals surface area contributed by atoms with E-state index in [1.165, 1.54) is 11.8 Å². The highest BCUT2D eigenvalue weighted by molar-refractivity contribution is 6.06. The second-order valence-electron chi connectivity index (χ2n) is 6.85. The zero-order valence-electron chi connectivity index (χ0n) is 16.9. The molecule has 0 spiro atoms. The van der Waals surface area contributed by atoms with Crippen molar-refractivity contribution in [1.82, 2.24) is 9.78 Å². The molecule has 2 N–H and O–H groups in total. The van der Waals surface area contributed by atoms with Gasteiger partial charge in [-0.15, -0.1) is 0 Å². The summed E-state index contributed by atoms with van der Waals surface area (Å²) < 4.78 is 11.7. The third kappa shape index (κ3) is 3.73. The average molecular weight is 420 g/mol. The second kappa shape index (κ2) is 8.31. The summed E-state index contributed by atoms with van der Waals surface area (Å²) >= 11 is 0. The van der Waals surface area contributed by atoms with Crippen LogP contribution in [0, 0.1) is 0 Å². The van der Waals surface area contributed by atoms with Crippen LogP contribution in [0.1, 0.15) is 22.8 Å². The Hall–Kier alpha value is -4.14. The third-order valence-electron chi connectivity index (χ3n) is 5.02. The van der Waals surface area contributed by atoms with Gasteiger partial charge in [-0.25, -0.2) is 9.48 Å². The van der Waals surface area contributed by atoms with Gasteiger partial charge in [-0.3, -0.25) is 9.59 Å². The van der Waals surface area contributed by atoms with Gasteiger partial charge in [0.1, 0.15) is 17.6 Å². The number of hydrogen-bond acceptors (Lipinski definition) is 6. The van der Waals surface area contributed by atoms with E-state index in [9.17, 15) is 14.4 Å². The molecule has 2 aromatic carbocycles. The predicted octanol–water partition coefficient (Wildman–Crippen LogP) is 2.87. The van der Waals surface area contributed by atoms with Crippen LogP contribution in [-0.2, 0) is 14.3 Å². The number of anilines is 2. The topological polar surface area (TPSA) is 112 Å². The van der Waals surface area contributed by atoms with Crippen LogP contribution >= 0.6 is 0 Å². The lowest BCUT2D eigenvalue weighted by Gasteiger charge is -2.25. The maximum Gasteiger partial charge on any atom is 0.339 e. The zero-order chi connectivity index (χ0) is 22.0. The Balaban J connectivity index is 1.69. The van der Waals surface area contributed by atoms with Crippen molar-refractivity contribution in [1.29, 1.82) is 0 Å². The van der Waals surface area contributed by atoms with Crippen molar-refractivity contribution in [2.45, 2.75) is 12.5 Å². The maximum absolute atomic E-state index is 13.1. The number of hydrogen-bond donors (Lipinski definition) is 2. The van der Waals surface area contributed by atoms with E-state index < -0.39 is 17.9 Å². The molecule has 3 aromatic rings. The Labute approximate surface area is 178 Å². The van der Waals surface area contributed by atoms with Crippen LogP contribution in [0.3, 0.4) is 0 Å². The smallest absolute Gasteiger partial charge is 0.339 e. The van der Waals surface area contributed by atoms with Crippen LogP contribution in [0.5, 0.6) is 5.75 Å². The van der Waals surface area contributed by atoms with Crippen molar-refractivity contribution < 1.29 is 23.9 Å². The molecule has 0 saturated heterocycles.